The number of carbonyl (C=O) groups is 2. The number of nitrogens with one attached hydrogen (secondary N) is 1. The van der Waals surface area contributed by atoms with E-state index in [0.29, 0.717) is 6.54 Å². The summed E-state index contributed by atoms with van der Waals surface area (Å²) in [7, 11) is 0.984. The number of nitrogens with zero attached hydrogens (tertiary/aromatic N) is 1. The average molecular weight is 170 g/mol. The van der Waals surface area contributed by atoms with E-state index in [1.54, 1.807) is 0 Å². The molecule has 11 heavy (non-hydrogen) atoms. The normalized spacial score (nSPS) is 18.4. The van der Waals surface area contributed by atoms with Gasteiger partial charge < -0.3 is 4.90 Å². The molecule has 1 aliphatic heterocycles. The Morgan fingerprint density at radius 3 is 2.82 bits per heavy atom. The smallest absolute Gasteiger partial charge is 0.311 e. The first-order valence-electron chi connectivity index (χ1n) is 3.44. The molecule has 3 amide bonds. The second-order valence-corrected chi connectivity index (χ2v) is 2.97. The minimum Gasteiger partial charge on any atom is -0.311 e. The Balaban J connectivity index is 2.47. The average Bonchev–Trinajstić information content (AvgIpc) is 2.26. The van der Waals surface area contributed by atoms with Gasteiger partial charge in [-0.25, -0.2) is 4.79 Å². The van der Waals surface area contributed by atoms with Crippen molar-refractivity contribution < 1.29 is 9.59 Å². The van der Waals surface area contributed by atoms with E-state index in [9.17, 15) is 9.59 Å². The van der Waals surface area contributed by atoms with Crippen molar-refractivity contribution in [3.8, 4) is 0 Å². The fourth-order valence-electron chi connectivity index (χ4n) is 0.863. The van der Waals surface area contributed by atoms with Crippen LogP contribution in [0.25, 0.3) is 0 Å². The van der Waals surface area contributed by atoms with Crippen LogP contribution < -0.4 is 5.32 Å². The van der Waals surface area contributed by atoms with Gasteiger partial charge in [0.25, 0.3) is 0 Å². The van der Waals surface area contributed by atoms with E-state index in [0.717, 1.165) is 10.2 Å². The summed E-state index contributed by atoms with van der Waals surface area (Å²) in [6.07, 6.45) is 1.89. The molecule has 5 heteroatoms. The van der Waals surface area contributed by atoms with Crippen LogP contribution in [0.3, 0.4) is 0 Å². The molecule has 1 N–H and O–H groups in total. The molecule has 0 aromatic rings. The van der Waals surface area contributed by atoms with Crippen LogP contribution >= 0.6 is 0 Å². The third kappa shape index (κ3) is 1.91. The molecular weight excluding hydrogens is 160 g/mol. The van der Waals surface area contributed by atoms with Crippen LogP contribution in [0, 0.1) is 0 Å². The summed E-state index contributed by atoms with van der Waals surface area (Å²) in [5, 5.41) is 2.20. The van der Waals surface area contributed by atoms with Gasteiger partial charge in [-0.3, -0.25) is 10.1 Å². The highest BCUT2D eigenvalue weighted by Gasteiger charge is 2.24. The van der Waals surface area contributed by atoms with Gasteiger partial charge in [0.1, 0.15) is 6.54 Å². The van der Waals surface area contributed by atoms with Gasteiger partial charge >= 0.3 is 6.03 Å². The van der Waals surface area contributed by atoms with Crippen LogP contribution in [-0.2, 0) is 4.79 Å². The number of hydrogen-bond donors (Lipinski definition) is 1. The lowest BCUT2D eigenvalue weighted by molar-refractivity contribution is -0.118. The van der Waals surface area contributed by atoms with Crippen molar-refractivity contribution in [2.45, 2.75) is 0 Å². The van der Waals surface area contributed by atoms with Crippen LogP contribution in [0.2, 0.25) is 0 Å². The fraction of sp³-hybridized carbons (Fsp3) is 0.333. The predicted molar refractivity (Wildman–Crippen MR) is 44.2 cm³/mol. The van der Waals surface area contributed by atoms with Crippen LogP contribution in [0.1, 0.15) is 0 Å². The molecule has 1 heterocycles. The maximum absolute atomic E-state index is 10.9. The van der Waals surface area contributed by atoms with E-state index < -0.39 is 0 Å². The van der Waals surface area contributed by atoms with Gasteiger partial charge in [0.2, 0.25) is 5.91 Å². The van der Waals surface area contributed by atoms with E-state index in [4.69, 9.17) is 0 Å². The molecule has 0 unspecified atom stereocenters. The molecule has 0 aromatic heterocycles. The largest absolute Gasteiger partial charge is 0.324 e. The van der Waals surface area contributed by atoms with Crippen molar-refractivity contribution in [3.05, 3.63) is 11.8 Å². The van der Waals surface area contributed by atoms with Gasteiger partial charge in [0.15, 0.2) is 0 Å². The lowest BCUT2D eigenvalue weighted by Crippen LogP contribution is -2.28. The van der Waals surface area contributed by atoms with E-state index in [-0.39, 0.29) is 18.5 Å². The maximum Gasteiger partial charge on any atom is 0.324 e. The number of rotatable bonds is 2. The molecular formula is C6H10N2O2Si. The van der Waals surface area contributed by atoms with Gasteiger partial charge in [-0.05, 0) is 0 Å². The first-order valence-corrected chi connectivity index (χ1v) is 4.59. The topological polar surface area (TPSA) is 49.4 Å². The quantitative estimate of drug-likeness (QED) is 0.401. The zero-order valence-electron chi connectivity index (χ0n) is 6.33. The Labute approximate surface area is 67.7 Å². The Morgan fingerprint density at radius 2 is 2.36 bits per heavy atom. The van der Waals surface area contributed by atoms with Gasteiger partial charge in [-0.2, -0.15) is 0 Å². The van der Waals surface area contributed by atoms with Gasteiger partial charge in [-0.15, -0.1) is 5.70 Å². The van der Waals surface area contributed by atoms with Crippen molar-refractivity contribution in [2.24, 2.45) is 0 Å². The first kappa shape index (κ1) is 8.00. The van der Waals surface area contributed by atoms with Crippen molar-refractivity contribution >= 4 is 22.2 Å². The molecule has 60 valence electrons. The monoisotopic (exact) mass is 170 g/mol. The number of carbonyl (C=O) groups excluding carboxylic acids is 2. The van der Waals surface area contributed by atoms with Gasteiger partial charge in [-0.1, -0.05) is 6.08 Å². The molecule has 1 fully saturated rings. The predicted octanol–water partition coefficient (Wildman–Crippen LogP) is -1.58. The third-order valence-corrected chi connectivity index (χ3v) is 1.90. The minimum absolute atomic E-state index is 0.199. The minimum atomic E-state index is -0.283. The third-order valence-electron chi connectivity index (χ3n) is 1.43. The number of imide groups is 1. The summed E-state index contributed by atoms with van der Waals surface area (Å²) >= 11 is 0. The summed E-state index contributed by atoms with van der Waals surface area (Å²) in [5.41, 5.74) is 1.98. The molecule has 0 saturated carbocycles. The maximum atomic E-state index is 10.9. The first-order chi connectivity index (χ1) is 5.24. The van der Waals surface area contributed by atoms with Gasteiger partial charge in [0.05, 0.1) is 0 Å². The lowest BCUT2D eigenvalue weighted by atomic mass is 10.5. The SMILES string of the molecule is O=C1CN(CC=C[SiH3])C(=O)N1. The van der Waals surface area contributed by atoms with Crippen LogP contribution in [0.5, 0.6) is 0 Å². The second-order valence-electron chi connectivity index (χ2n) is 2.30. The summed E-state index contributed by atoms with van der Waals surface area (Å²) < 4.78 is 0. The Morgan fingerprint density at radius 1 is 1.64 bits per heavy atom. The van der Waals surface area contributed by atoms with E-state index in [1.807, 2.05) is 11.8 Å². The number of amides is 3. The molecule has 1 saturated heterocycles. The molecule has 0 aromatic carbocycles. The van der Waals surface area contributed by atoms with Crippen molar-refractivity contribution in [3.63, 3.8) is 0 Å². The molecule has 1 rings (SSSR count). The Bertz CT molecular complexity index is 215. The molecule has 0 aliphatic carbocycles. The summed E-state index contributed by atoms with van der Waals surface area (Å²) in [5.74, 6) is -0.211. The zero-order valence-corrected chi connectivity index (χ0v) is 8.33. The highest BCUT2D eigenvalue weighted by atomic mass is 28.1. The molecule has 4 nitrogen and oxygen atoms in total. The van der Waals surface area contributed by atoms with Crippen LogP contribution in [0.4, 0.5) is 4.79 Å². The molecule has 0 bridgehead atoms. The summed E-state index contributed by atoms with van der Waals surface area (Å²) in [6, 6.07) is -0.283. The fourth-order valence-corrected chi connectivity index (χ4v) is 1.07. The molecule has 0 atom stereocenters. The van der Waals surface area contributed by atoms with E-state index in [1.165, 1.54) is 4.90 Å². The van der Waals surface area contributed by atoms with Crippen LogP contribution in [0.15, 0.2) is 11.8 Å². The molecule has 0 radical (unpaired) electrons. The summed E-state index contributed by atoms with van der Waals surface area (Å²) in [6.45, 7) is 0.742. The molecule has 1 aliphatic rings. The van der Waals surface area contributed by atoms with E-state index >= 15 is 0 Å². The van der Waals surface area contributed by atoms with Crippen molar-refractivity contribution in [1.82, 2.24) is 10.2 Å². The summed E-state index contributed by atoms with van der Waals surface area (Å²) in [4.78, 5) is 23.0. The lowest BCUT2D eigenvalue weighted by Gasteiger charge is -2.08. The second kappa shape index (κ2) is 3.34. The highest BCUT2D eigenvalue weighted by Crippen LogP contribution is 1.96. The highest BCUT2D eigenvalue weighted by molar-refractivity contribution is 6.17. The van der Waals surface area contributed by atoms with Crippen molar-refractivity contribution in [1.29, 1.82) is 0 Å². The number of urea groups is 1. The van der Waals surface area contributed by atoms with Crippen molar-refractivity contribution in [2.75, 3.05) is 13.1 Å². The number of hydrogen-bond acceptors (Lipinski definition) is 2. The van der Waals surface area contributed by atoms with E-state index in [2.05, 4.69) is 5.32 Å². The standard InChI is InChI=1S/C6H10N2O2Si/c9-5-4-8(2-1-3-11)6(10)7-5/h1,3H,2,4H2,11H3,(H,7,9,10). The Hall–Kier alpha value is -1.10. The zero-order chi connectivity index (χ0) is 8.27. The Kier molecular flexibility index (Phi) is 2.43. The molecule has 0 spiro atoms. The van der Waals surface area contributed by atoms with Gasteiger partial charge in [0, 0.05) is 16.8 Å². The van der Waals surface area contributed by atoms with Crippen LogP contribution in [-0.4, -0.2) is 40.2 Å².